The van der Waals surface area contributed by atoms with Crippen LogP contribution in [0.2, 0.25) is 0 Å². The number of esters is 1. The van der Waals surface area contributed by atoms with Crippen molar-refractivity contribution in [3.05, 3.63) is 50.6 Å². The maximum Gasteiger partial charge on any atom is 0.348 e. The molecule has 0 atom stereocenters. The van der Waals surface area contributed by atoms with Crippen LogP contribution in [0, 0.1) is 13.8 Å². The highest BCUT2D eigenvalue weighted by Gasteiger charge is 2.20. The number of carbonyl (C=O) groups excluding carboxylic acids is 1. The van der Waals surface area contributed by atoms with Gasteiger partial charge >= 0.3 is 5.97 Å². The molecule has 0 bridgehead atoms. The van der Waals surface area contributed by atoms with Crippen molar-refractivity contribution in [3.63, 3.8) is 0 Å². The predicted octanol–water partition coefficient (Wildman–Crippen LogP) is 3.45. The first-order chi connectivity index (χ1) is 11.0. The molecule has 118 valence electrons. The Bertz CT molecular complexity index is 939. The first-order valence-corrected chi connectivity index (χ1v) is 8.10. The van der Waals surface area contributed by atoms with E-state index in [1.54, 1.807) is 13.8 Å². The van der Waals surface area contributed by atoms with Crippen LogP contribution in [0.15, 0.2) is 29.1 Å². The summed E-state index contributed by atoms with van der Waals surface area (Å²) >= 11 is 1.19. The van der Waals surface area contributed by atoms with Crippen LogP contribution in [0.4, 0.5) is 0 Å². The highest BCUT2D eigenvalue weighted by atomic mass is 32.1. The number of hydrogen-bond acceptors (Lipinski definition) is 5. The van der Waals surface area contributed by atoms with Gasteiger partial charge in [-0.3, -0.25) is 4.79 Å². The summed E-state index contributed by atoms with van der Waals surface area (Å²) in [7, 11) is 0. The maximum absolute atomic E-state index is 12.4. The Morgan fingerprint density at radius 2 is 1.96 bits per heavy atom. The number of nitrogens with zero attached hydrogens (tertiary/aromatic N) is 1. The van der Waals surface area contributed by atoms with Crippen molar-refractivity contribution in [2.24, 2.45) is 0 Å². The quantitative estimate of drug-likeness (QED) is 0.748. The van der Waals surface area contributed by atoms with E-state index >= 15 is 0 Å². The van der Waals surface area contributed by atoms with E-state index < -0.39 is 5.97 Å². The smallest absolute Gasteiger partial charge is 0.348 e. The fourth-order valence-electron chi connectivity index (χ4n) is 2.38. The Labute approximate surface area is 137 Å². The lowest BCUT2D eigenvalue weighted by atomic mass is 10.1. The summed E-state index contributed by atoms with van der Waals surface area (Å²) in [4.78, 5) is 32.7. The minimum atomic E-state index is -0.413. The Balaban J connectivity index is 2.17. The second kappa shape index (κ2) is 5.96. The van der Waals surface area contributed by atoms with E-state index in [0.29, 0.717) is 33.1 Å². The number of fused-ring (bicyclic) bond motifs is 1. The van der Waals surface area contributed by atoms with E-state index in [0.717, 1.165) is 11.1 Å². The third kappa shape index (κ3) is 2.77. The number of hydrogen-bond donors (Lipinski definition) is 1. The van der Waals surface area contributed by atoms with Crippen LogP contribution in [0.25, 0.3) is 21.6 Å². The summed E-state index contributed by atoms with van der Waals surface area (Å²) < 4.78 is 5.04. The third-order valence-corrected chi connectivity index (χ3v) is 4.75. The molecule has 0 amide bonds. The predicted molar refractivity (Wildman–Crippen MR) is 91.1 cm³/mol. The summed E-state index contributed by atoms with van der Waals surface area (Å²) in [6, 6.07) is 7.74. The number of aromatic amines is 1. The first-order valence-electron chi connectivity index (χ1n) is 7.28. The normalized spacial score (nSPS) is 10.9. The number of nitrogens with one attached hydrogen (secondary N) is 1. The molecule has 0 spiro atoms. The average molecular weight is 328 g/mol. The zero-order valence-corrected chi connectivity index (χ0v) is 13.9. The number of carbonyl (C=O) groups is 1. The first kappa shape index (κ1) is 15.4. The lowest BCUT2D eigenvalue weighted by Crippen LogP contribution is -2.10. The van der Waals surface area contributed by atoms with Crippen molar-refractivity contribution in [2.75, 3.05) is 6.61 Å². The molecule has 0 saturated carbocycles. The SMILES string of the molecule is CCOC(=O)c1sc2nc(-c3ccc(C)cc3)[nH]c(=O)c2c1C. The van der Waals surface area contributed by atoms with E-state index in [2.05, 4.69) is 9.97 Å². The fraction of sp³-hybridized carbons (Fsp3) is 0.235. The zero-order chi connectivity index (χ0) is 16.6. The zero-order valence-electron chi connectivity index (χ0n) is 13.1. The van der Waals surface area contributed by atoms with Crippen molar-refractivity contribution < 1.29 is 9.53 Å². The molecular weight excluding hydrogens is 312 g/mol. The van der Waals surface area contributed by atoms with E-state index in [1.165, 1.54) is 11.3 Å². The highest BCUT2D eigenvalue weighted by Crippen LogP contribution is 2.29. The van der Waals surface area contributed by atoms with Crippen LogP contribution >= 0.6 is 11.3 Å². The molecule has 0 aliphatic rings. The largest absolute Gasteiger partial charge is 0.462 e. The Morgan fingerprint density at radius 1 is 1.26 bits per heavy atom. The number of aryl methyl sites for hydroxylation is 2. The van der Waals surface area contributed by atoms with Gasteiger partial charge in [0.05, 0.1) is 12.0 Å². The number of H-pyrrole nitrogens is 1. The van der Waals surface area contributed by atoms with Crippen LogP contribution in [0.5, 0.6) is 0 Å². The van der Waals surface area contributed by atoms with Gasteiger partial charge in [0.25, 0.3) is 5.56 Å². The van der Waals surface area contributed by atoms with Gasteiger partial charge in [0.15, 0.2) is 0 Å². The molecule has 5 nitrogen and oxygen atoms in total. The van der Waals surface area contributed by atoms with Gasteiger partial charge in [-0.25, -0.2) is 9.78 Å². The number of ether oxygens (including phenoxy) is 1. The molecule has 1 aromatic carbocycles. The lowest BCUT2D eigenvalue weighted by Gasteiger charge is -2.01. The van der Waals surface area contributed by atoms with Gasteiger partial charge in [-0.15, -0.1) is 11.3 Å². The summed E-state index contributed by atoms with van der Waals surface area (Å²) in [5.74, 6) is 0.0865. The molecular formula is C17H16N2O3S. The van der Waals surface area contributed by atoms with Crippen LogP contribution < -0.4 is 5.56 Å². The standard InChI is InChI=1S/C17H16N2O3S/c1-4-22-17(21)13-10(3)12-15(20)18-14(19-16(12)23-13)11-7-5-9(2)6-8-11/h5-8H,4H2,1-3H3,(H,18,19,20). The molecule has 2 heterocycles. The van der Waals surface area contributed by atoms with Gasteiger partial charge in [0.2, 0.25) is 0 Å². The molecule has 0 fully saturated rings. The van der Waals surface area contributed by atoms with Gasteiger partial charge in [0, 0.05) is 5.56 Å². The molecule has 0 saturated heterocycles. The topological polar surface area (TPSA) is 72.0 Å². The van der Waals surface area contributed by atoms with Crippen molar-refractivity contribution >= 4 is 27.5 Å². The fourth-order valence-corrected chi connectivity index (χ4v) is 3.46. The van der Waals surface area contributed by atoms with Crippen LogP contribution in [0.1, 0.15) is 27.7 Å². The average Bonchev–Trinajstić information content (AvgIpc) is 2.86. The van der Waals surface area contributed by atoms with Crippen LogP contribution in [0.3, 0.4) is 0 Å². The third-order valence-electron chi connectivity index (χ3n) is 3.59. The number of benzene rings is 1. The monoisotopic (exact) mass is 328 g/mol. The molecule has 6 heteroatoms. The van der Waals surface area contributed by atoms with Gasteiger partial charge in [-0.2, -0.15) is 0 Å². The molecule has 3 aromatic rings. The number of rotatable bonds is 3. The minimum Gasteiger partial charge on any atom is -0.462 e. The molecule has 0 unspecified atom stereocenters. The molecule has 1 N–H and O–H groups in total. The van der Waals surface area contributed by atoms with Gasteiger partial charge in [-0.05, 0) is 26.3 Å². The van der Waals surface area contributed by atoms with Crippen molar-refractivity contribution in [2.45, 2.75) is 20.8 Å². The van der Waals surface area contributed by atoms with E-state index in [9.17, 15) is 9.59 Å². The van der Waals surface area contributed by atoms with Crippen LogP contribution in [-0.2, 0) is 4.74 Å². The second-order valence-electron chi connectivity index (χ2n) is 5.24. The van der Waals surface area contributed by atoms with Gasteiger partial charge in [-0.1, -0.05) is 29.8 Å². The second-order valence-corrected chi connectivity index (χ2v) is 6.24. The van der Waals surface area contributed by atoms with Crippen molar-refractivity contribution in [1.29, 1.82) is 0 Å². The lowest BCUT2D eigenvalue weighted by molar-refractivity contribution is 0.0531. The summed E-state index contributed by atoms with van der Waals surface area (Å²) in [5, 5.41) is 0.453. The molecule has 2 aromatic heterocycles. The maximum atomic E-state index is 12.4. The Morgan fingerprint density at radius 3 is 2.61 bits per heavy atom. The molecule has 3 rings (SSSR count). The van der Waals surface area contributed by atoms with Crippen LogP contribution in [-0.4, -0.2) is 22.5 Å². The number of aromatic nitrogens is 2. The molecule has 0 radical (unpaired) electrons. The summed E-state index contributed by atoms with van der Waals surface area (Å²) in [6.07, 6.45) is 0. The molecule has 0 aliphatic heterocycles. The summed E-state index contributed by atoms with van der Waals surface area (Å²) in [6.45, 7) is 5.79. The van der Waals surface area contributed by atoms with Crippen molar-refractivity contribution in [3.8, 4) is 11.4 Å². The Kier molecular flexibility index (Phi) is 4.00. The van der Waals surface area contributed by atoms with Gasteiger partial charge < -0.3 is 9.72 Å². The van der Waals surface area contributed by atoms with E-state index in [1.807, 2.05) is 31.2 Å². The number of thiophene rings is 1. The summed E-state index contributed by atoms with van der Waals surface area (Å²) in [5.41, 5.74) is 2.34. The molecule has 23 heavy (non-hydrogen) atoms. The Hall–Kier alpha value is -2.47. The highest BCUT2D eigenvalue weighted by molar-refractivity contribution is 7.20. The van der Waals surface area contributed by atoms with Gasteiger partial charge in [0.1, 0.15) is 15.5 Å². The van der Waals surface area contributed by atoms with E-state index in [-0.39, 0.29) is 5.56 Å². The minimum absolute atomic E-state index is 0.241. The molecule has 0 aliphatic carbocycles. The van der Waals surface area contributed by atoms with Crippen molar-refractivity contribution in [1.82, 2.24) is 9.97 Å². The van der Waals surface area contributed by atoms with E-state index in [4.69, 9.17) is 4.74 Å².